The molecule has 0 aliphatic heterocycles. The van der Waals surface area contributed by atoms with Gasteiger partial charge in [-0.2, -0.15) is 0 Å². The van der Waals surface area contributed by atoms with Crippen LogP contribution in [0, 0.1) is 0 Å². The lowest BCUT2D eigenvalue weighted by Gasteiger charge is -2.09. The van der Waals surface area contributed by atoms with Crippen LogP contribution in [-0.4, -0.2) is 32.3 Å². The van der Waals surface area contributed by atoms with Gasteiger partial charge in [0.25, 0.3) is 0 Å². The van der Waals surface area contributed by atoms with Crippen molar-refractivity contribution < 1.29 is 9.59 Å². The fourth-order valence-corrected chi connectivity index (χ4v) is 3.89. The summed E-state index contributed by atoms with van der Waals surface area (Å²) in [5, 5.41) is 15.7. The number of hydrogen-bond acceptors (Lipinski definition) is 5. The highest BCUT2D eigenvalue weighted by molar-refractivity contribution is 7.99. The lowest BCUT2D eigenvalue weighted by atomic mass is 10.3. The molecular weight excluding hydrogens is 493 g/mol. The third-order valence-electron chi connectivity index (χ3n) is 4.09. The average Bonchev–Trinajstić information content (AvgIpc) is 3.12. The highest BCUT2D eigenvalue weighted by Crippen LogP contribution is 2.26. The van der Waals surface area contributed by atoms with Crippen molar-refractivity contribution in [1.29, 1.82) is 0 Å². The maximum absolute atomic E-state index is 12.4. The maximum Gasteiger partial charge on any atom is 0.234 e. The third-order valence-corrected chi connectivity index (χ3v) is 5.87. The van der Waals surface area contributed by atoms with E-state index in [1.54, 1.807) is 53.1 Å². The van der Waals surface area contributed by atoms with E-state index in [9.17, 15) is 9.59 Å². The summed E-state index contributed by atoms with van der Waals surface area (Å²) >= 11 is 19.1. The molecule has 2 N–H and O–H groups in total. The molecule has 0 aliphatic carbocycles. The first-order valence-corrected chi connectivity index (χ1v) is 11.4. The Balaban J connectivity index is 1.62. The van der Waals surface area contributed by atoms with Crippen LogP contribution in [0.1, 0.15) is 5.82 Å². The molecule has 0 aliphatic rings. The molecule has 0 atom stereocenters. The summed E-state index contributed by atoms with van der Waals surface area (Å²) in [4.78, 5) is 24.8. The van der Waals surface area contributed by atoms with E-state index in [2.05, 4.69) is 27.4 Å². The van der Waals surface area contributed by atoms with Gasteiger partial charge in [0, 0.05) is 22.3 Å². The maximum atomic E-state index is 12.4. The van der Waals surface area contributed by atoms with Crippen molar-refractivity contribution in [1.82, 2.24) is 14.8 Å². The Morgan fingerprint density at radius 3 is 2.44 bits per heavy atom. The van der Waals surface area contributed by atoms with Gasteiger partial charge >= 0.3 is 0 Å². The minimum Gasteiger partial charge on any atom is -0.326 e. The van der Waals surface area contributed by atoms with Crippen LogP contribution in [0.2, 0.25) is 15.1 Å². The summed E-state index contributed by atoms with van der Waals surface area (Å²) in [7, 11) is 0. The van der Waals surface area contributed by atoms with Gasteiger partial charge in [0.1, 0.15) is 5.82 Å². The Labute approximate surface area is 204 Å². The fraction of sp³-hybridized carbons (Fsp3) is 0.143. The molecule has 3 aromatic rings. The largest absolute Gasteiger partial charge is 0.326 e. The Morgan fingerprint density at radius 2 is 1.72 bits per heavy atom. The first-order valence-electron chi connectivity index (χ1n) is 9.32. The van der Waals surface area contributed by atoms with E-state index in [0.29, 0.717) is 44.0 Å². The van der Waals surface area contributed by atoms with E-state index < -0.39 is 0 Å². The van der Waals surface area contributed by atoms with Gasteiger partial charge in [-0.1, -0.05) is 52.6 Å². The van der Waals surface area contributed by atoms with Crippen LogP contribution in [0.15, 0.2) is 60.3 Å². The second-order valence-corrected chi connectivity index (χ2v) is 8.71. The SMILES string of the molecule is C=CCn1c(CC(=O)Nc2ccc(Cl)cc2)nnc1SCC(=O)Nc1cc(Cl)ccc1Cl. The highest BCUT2D eigenvalue weighted by Gasteiger charge is 2.17. The molecule has 11 heteroatoms. The summed E-state index contributed by atoms with van der Waals surface area (Å²) in [6.07, 6.45) is 1.67. The molecule has 0 radical (unpaired) electrons. The summed E-state index contributed by atoms with van der Waals surface area (Å²) in [6.45, 7) is 4.13. The normalized spacial score (nSPS) is 10.6. The van der Waals surface area contributed by atoms with Crippen molar-refractivity contribution in [3.8, 4) is 0 Å². The first-order chi connectivity index (χ1) is 15.4. The molecule has 0 saturated heterocycles. The second kappa shape index (κ2) is 11.4. The van der Waals surface area contributed by atoms with Crippen LogP contribution >= 0.6 is 46.6 Å². The van der Waals surface area contributed by atoms with Crippen molar-refractivity contribution in [2.75, 3.05) is 16.4 Å². The molecule has 0 unspecified atom stereocenters. The molecule has 0 spiro atoms. The molecule has 0 saturated carbocycles. The first kappa shape index (κ1) is 24.1. The van der Waals surface area contributed by atoms with Crippen LogP contribution in [0.4, 0.5) is 11.4 Å². The van der Waals surface area contributed by atoms with E-state index in [-0.39, 0.29) is 24.0 Å². The molecule has 7 nitrogen and oxygen atoms in total. The van der Waals surface area contributed by atoms with Gasteiger partial charge in [0.15, 0.2) is 5.16 Å². The number of nitrogens with zero attached hydrogens (tertiary/aromatic N) is 3. The summed E-state index contributed by atoms with van der Waals surface area (Å²) in [5.74, 6) is -0.0174. The number of rotatable bonds is 9. The third kappa shape index (κ3) is 6.74. The molecule has 2 aromatic carbocycles. The zero-order valence-electron chi connectivity index (χ0n) is 16.6. The Hall–Kier alpha value is -2.52. The van der Waals surface area contributed by atoms with E-state index in [0.717, 1.165) is 0 Å². The van der Waals surface area contributed by atoms with E-state index in [4.69, 9.17) is 34.8 Å². The number of carbonyl (C=O) groups excluding carboxylic acids is 2. The van der Waals surface area contributed by atoms with Gasteiger partial charge in [-0.25, -0.2) is 0 Å². The molecule has 1 aromatic heterocycles. The number of nitrogens with one attached hydrogen (secondary N) is 2. The molecule has 3 rings (SSSR count). The number of anilines is 2. The second-order valence-electron chi connectivity index (χ2n) is 6.49. The highest BCUT2D eigenvalue weighted by atomic mass is 35.5. The molecule has 0 fully saturated rings. The minimum absolute atomic E-state index is 0.00828. The summed E-state index contributed by atoms with van der Waals surface area (Å²) in [5.41, 5.74) is 1.05. The number of amides is 2. The van der Waals surface area contributed by atoms with Crippen LogP contribution in [-0.2, 0) is 22.6 Å². The number of halogens is 3. The zero-order chi connectivity index (χ0) is 23.1. The van der Waals surface area contributed by atoms with Crippen LogP contribution in [0.3, 0.4) is 0 Å². The topological polar surface area (TPSA) is 88.9 Å². The fourth-order valence-electron chi connectivity index (χ4n) is 2.66. The van der Waals surface area contributed by atoms with Gasteiger partial charge in [-0.3, -0.25) is 9.59 Å². The molecule has 0 bridgehead atoms. The quantitative estimate of drug-likeness (QED) is 0.300. The van der Waals surface area contributed by atoms with Crippen LogP contribution in [0.25, 0.3) is 0 Å². The number of benzene rings is 2. The van der Waals surface area contributed by atoms with Crippen LogP contribution < -0.4 is 10.6 Å². The van der Waals surface area contributed by atoms with Gasteiger partial charge in [-0.15, -0.1) is 16.8 Å². The summed E-state index contributed by atoms with van der Waals surface area (Å²) in [6, 6.07) is 11.6. The Kier molecular flexibility index (Phi) is 8.58. The molecular formula is C21H18Cl3N5O2S. The minimum atomic E-state index is -0.283. The van der Waals surface area contributed by atoms with Gasteiger partial charge in [0.2, 0.25) is 11.8 Å². The molecule has 32 heavy (non-hydrogen) atoms. The average molecular weight is 511 g/mol. The number of carbonyl (C=O) groups is 2. The van der Waals surface area contributed by atoms with Crippen molar-refractivity contribution in [2.24, 2.45) is 0 Å². The van der Waals surface area contributed by atoms with Gasteiger partial charge in [0.05, 0.1) is 22.9 Å². The van der Waals surface area contributed by atoms with E-state index in [1.807, 2.05) is 0 Å². The predicted molar refractivity (Wildman–Crippen MR) is 130 cm³/mol. The van der Waals surface area contributed by atoms with Crippen molar-refractivity contribution in [3.05, 3.63) is 76.0 Å². The Bertz CT molecular complexity index is 1130. The number of aromatic nitrogens is 3. The van der Waals surface area contributed by atoms with Crippen molar-refractivity contribution in [3.63, 3.8) is 0 Å². The molecule has 166 valence electrons. The molecule has 1 heterocycles. The Morgan fingerprint density at radius 1 is 1.00 bits per heavy atom. The number of allylic oxidation sites excluding steroid dienone is 1. The zero-order valence-corrected chi connectivity index (χ0v) is 19.7. The predicted octanol–water partition coefficient (Wildman–Crippen LogP) is 5.34. The van der Waals surface area contributed by atoms with Gasteiger partial charge in [-0.05, 0) is 42.5 Å². The number of thioether (sulfide) groups is 1. The lowest BCUT2D eigenvalue weighted by Crippen LogP contribution is -2.18. The van der Waals surface area contributed by atoms with Gasteiger partial charge < -0.3 is 15.2 Å². The molecule has 2 amide bonds. The van der Waals surface area contributed by atoms with Crippen LogP contribution in [0.5, 0.6) is 0 Å². The van der Waals surface area contributed by atoms with E-state index in [1.165, 1.54) is 11.8 Å². The smallest absolute Gasteiger partial charge is 0.234 e. The van der Waals surface area contributed by atoms with Crippen molar-refractivity contribution >= 4 is 69.8 Å². The summed E-state index contributed by atoms with van der Waals surface area (Å²) < 4.78 is 1.73. The number of hydrogen-bond donors (Lipinski definition) is 2. The lowest BCUT2D eigenvalue weighted by molar-refractivity contribution is -0.116. The monoisotopic (exact) mass is 509 g/mol. The van der Waals surface area contributed by atoms with E-state index >= 15 is 0 Å². The van der Waals surface area contributed by atoms with Crippen molar-refractivity contribution in [2.45, 2.75) is 18.1 Å². The standard InChI is InChI=1S/C21H18Cl3N5O2S/c1-2-9-29-18(11-19(30)25-15-6-3-13(22)4-7-15)27-28-21(29)32-12-20(31)26-17-10-14(23)5-8-16(17)24/h2-8,10H,1,9,11-12H2,(H,25,30)(H,26,31).